The Hall–Kier alpha value is -1.51. The lowest BCUT2D eigenvalue weighted by atomic mass is 10.1. The normalized spacial score (nSPS) is 11.2. The molecule has 0 unspecified atom stereocenters. The number of pyridine rings is 1. The second-order valence-corrected chi connectivity index (χ2v) is 3.90. The van der Waals surface area contributed by atoms with E-state index < -0.39 is 24.5 Å². The SMILES string of the molecule is COc1cc(OC(F)(F)F)c(CBr)c(CC(=O)O)n1. The van der Waals surface area contributed by atoms with E-state index in [0.29, 0.717) is 0 Å². The smallest absolute Gasteiger partial charge is 0.481 e. The number of carboxylic acids is 1. The molecule has 0 aliphatic heterocycles. The molecule has 1 rings (SSSR count). The van der Waals surface area contributed by atoms with Gasteiger partial charge in [0, 0.05) is 17.0 Å². The lowest BCUT2D eigenvalue weighted by Gasteiger charge is -2.15. The Morgan fingerprint density at radius 3 is 2.58 bits per heavy atom. The Morgan fingerprint density at radius 1 is 1.53 bits per heavy atom. The van der Waals surface area contributed by atoms with Gasteiger partial charge in [0.25, 0.3) is 0 Å². The monoisotopic (exact) mass is 343 g/mol. The van der Waals surface area contributed by atoms with Crippen molar-refractivity contribution in [2.75, 3.05) is 7.11 Å². The van der Waals surface area contributed by atoms with Crippen molar-refractivity contribution in [1.29, 1.82) is 0 Å². The van der Waals surface area contributed by atoms with Gasteiger partial charge in [-0.25, -0.2) is 4.98 Å². The van der Waals surface area contributed by atoms with Gasteiger partial charge in [-0.1, -0.05) is 15.9 Å². The molecule has 1 aromatic rings. The molecule has 0 radical (unpaired) electrons. The zero-order chi connectivity index (χ0) is 14.6. The number of nitrogens with zero attached hydrogens (tertiary/aromatic N) is 1. The Labute approximate surface area is 114 Å². The van der Waals surface area contributed by atoms with Crippen molar-refractivity contribution in [3.63, 3.8) is 0 Å². The van der Waals surface area contributed by atoms with Crippen LogP contribution in [0.3, 0.4) is 0 Å². The third kappa shape index (κ3) is 4.58. The van der Waals surface area contributed by atoms with E-state index in [4.69, 9.17) is 9.84 Å². The molecule has 0 spiro atoms. The second-order valence-electron chi connectivity index (χ2n) is 3.34. The molecule has 1 aromatic heterocycles. The topological polar surface area (TPSA) is 68.7 Å². The van der Waals surface area contributed by atoms with Crippen molar-refractivity contribution in [3.05, 3.63) is 17.3 Å². The van der Waals surface area contributed by atoms with Crippen molar-refractivity contribution >= 4 is 21.9 Å². The fourth-order valence-electron chi connectivity index (χ4n) is 1.33. The Kier molecular flexibility index (Phi) is 4.98. The highest BCUT2D eigenvalue weighted by molar-refractivity contribution is 9.08. The molecule has 9 heteroatoms. The van der Waals surface area contributed by atoms with Crippen LogP contribution in [0.4, 0.5) is 13.2 Å². The summed E-state index contributed by atoms with van der Waals surface area (Å²) in [4.78, 5) is 14.5. The maximum atomic E-state index is 12.3. The molecule has 1 N–H and O–H groups in total. The van der Waals surface area contributed by atoms with Gasteiger partial charge in [-0.3, -0.25) is 4.79 Å². The standard InChI is InChI=1S/C10H9BrF3NO4/c1-18-8-3-7(19-10(12,13)14)5(4-11)6(15-8)2-9(16)17/h3H,2,4H2,1H3,(H,16,17). The third-order valence-corrected chi connectivity index (χ3v) is 2.59. The number of ether oxygens (including phenoxy) is 2. The number of carboxylic acid groups (broad SMARTS) is 1. The van der Waals surface area contributed by atoms with Gasteiger partial charge >= 0.3 is 12.3 Å². The highest BCUT2D eigenvalue weighted by atomic mass is 79.9. The van der Waals surface area contributed by atoms with Crippen LogP contribution in [0, 0.1) is 0 Å². The molecule has 0 aliphatic rings. The van der Waals surface area contributed by atoms with E-state index in [0.717, 1.165) is 6.07 Å². The number of rotatable bonds is 5. The molecule has 0 saturated carbocycles. The summed E-state index contributed by atoms with van der Waals surface area (Å²) in [5.74, 6) is -1.91. The van der Waals surface area contributed by atoms with Crippen LogP contribution in [0.1, 0.15) is 11.3 Å². The van der Waals surface area contributed by atoms with Crippen LogP contribution in [0.15, 0.2) is 6.07 Å². The summed E-state index contributed by atoms with van der Waals surface area (Å²) in [6.45, 7) is 0. The van der Waals surface area contributed by atoms with Crippen LogP contribution in [-0.2, 0) is 16.5 Å². The summed E-state index contributed by atoms with van der Waals surface area (Å²) in [7, 11) is 1.21. The quantitative estimate of drug-likeness (QED) is 0.832. The van der Waals surface area contributed by atoms with Gasteiger partial charge < -0.3 is 14.6 Å². The van der Waals surface area contributed by atoms with Crippen molar-refractivity contribution in [1.82, 2.24) is 4.98 Å². The number of hydrogen-bond acceptors (Lipinski definition) is 4. The minimum absolute atomic E-state index is 0.0144. The zero-order valence-electron chi connectivity index (χ0n) is 9.62. The number of halogens is 4. The first-order valence-corrected chi connectivity index (χ1v) is 5.99. The second kappa shape index (κ2) is 6.09. The molecular weight excluding hydrogens is 335 g/mol. The molecule has 106 valence electrons. The number of alkyl halides is 4. The van der Waals surface area contributed by atoms with Crippen LogP contribution < -0.4 is 9.47 Å². The van der Waals surface area contributed by atoms with Crippen LogP contribution in [-0.4, -0.2) is 29.5 Å². The molecule has 0 bridgehead atoms. The molecular formula is C10H9BrF3NO4. The molecule has 0 amide bonds. The van der Waals surface area contributed by atoms with E-state index in [2.05, 4.69) is 25.7 Å². The van der Waals surface area contributed by atoms with E-state index in [-0.39, 0.29) is 22.5 Å². The summed E-state index contributed by atoms with van der Waals surface area (Å²) in [5.41, 5.74) is -0.0384. The van der Waals surface area contributed by atoms with Gasteiger partial charge in [-0.15, -0.1) is 13.2 Å². The molecule has 19 heavy (non-hydrogen) atoms. The van der Waals surface area contributed by atoms with Gasteiger partial charge in [-0.2, -0.15) is 0 Å². The molecule has 0 fully saturated rings. The minimum atomic E-state index is -4.89. The largest absolute Gasteiger partial charge is 0.573 e. The van der Waals surface area contributed by atoms with E-state index in [1.165, 1.54) is 7.11 Å². The first-order chi connectivity index (χ1) is 8.76. The van der Waals surface area contributed by atoms with Crippen LogP contribution >= 0.6 is 15.9 Å². The summed E-state index contributed by atoms with van der Waals surface area (Å²) >= 11 is 2.98. The van der Waals surface area contributed by atoms with Gasteiger partial charge in [0.2, 0.25) is 5.88 Å². The average molecular weight is 344 g/mol. The van der Waals surface area contributed by atoms with Crippen molar-refractivity contribution in [3.8, 4) is 11.6 Å². The molecule has 0 aromatic carbocycles. The number of methoxy groups -OCH3 is 1. The molecule has 0 aliphatic carbocycles. The summed E-state index contributed by atoms with van der Waals surface area (Å²) in [6.07, 6.45) is -5.42. The Bertz CT molecular complexity index is 479. The van der Waals surface area contributed by atoms with E-state index >= 15 is 0 Å². The fourth-order valence-corrected chi connectivity index (χ4v) is 1.93. The maximum Gasteiger partial charge on any atom is 0.573 e. The first kappa shape index (κ1) is 15.5. The number of hydrogen-bond donors (Lipinski definition) is 1. The Balaban J connectivity index is 3.30. The number of aliphatic carboxylic acids is 1. The summed E-state index contributed by atoms with van der Waals surface area (Å²) in [5, 5.41) is 8.69. The third-order valence-electron chi connectivity index (χ3n) is 2.03. The van der Waals surface area contributed by atoms with E-state index in [9.17, 15) is 18.0 Å². The lowest BCUT2D eigenvalue weighted by Crippen LogP contribution is -2.19. The molecule has 1 heterocycles. The highest BCUT2D eigenvalue weighted by Gasteiger charge is 2.33. The van der Waals surface area contributed by atoms with Crippen LogP contribution in [0.2, 0.25) is 0 Å². The van der Waals surface area contributed by atoms with E-state index in [1.54, 1.807) is 0 Å². The van der Waals surface area contributed by atoms with Gasteiger partial charge in [-0.05, 0) is 0 Å². The predicted octanol–water partition coefficient (Wildman–Crippen LogP) is 2.51. The van der Waals surface area contributed by atoms with Gasteiger partial charge in [0.1, 0.15) is 5.75 Å². The van der Waals surface area contributed by atoms with Crippen LogP contribution in [0.25, 0.3) is 0 Å². The average Bonchev–Trinajstić information content (AvgIpc) is 2.25. The summed E-state index contributed by atoms with van der Waals surface area (Å²) in [6, 6.07) is 0.954. The minimum Gasteiger partial charge on any atom is -0.481 e. The number of carbonyl (C=O) groups is 1. The van der Waals surface area contributed by atoms with Gasteiger partial charge in [0.15, 0.2) is 0 Å². The maximum absolute atomic E-state index is 12.3. The van der Waals surface area contributed by atoms with Crippen molar-refractivity contribution < 1.29 is 32.5 Å². The van der Waals surface area contributed by atoms with Crippen molar-refractivity contribution in [2.24, 2.45) is 0 Å². The van der Waals surface area contributed by atoms with Gasteiger partial charge in [0.05, 0.1) is 19.2 Å². The molecule has 0 saturated heterocycles. The van der Waals surface area contributed by atoms with E-state index in [1.807, 2.05) is 0 Å². The van der Waals surface area contributed by atoms with Crippen LogP contribution in [0.5, 0.6) is 11.6 Å². The lowest BCUT2D eigenvalue weighted by molar-refractivity contribution is -0.274. The highest BCUT2D eigenvalue weighted by Crippen LogP contribution is 2.32. The first-order valence-electron chi connectivity index (χ1n) is 4.87. The predicted molar refractivity (Wildman–Crippen MR) is 61.4 cm³/mol. The fraction of sp³-hybridized carbons (Fsp3) is 0.400. The zero-order valence-corrected chi connectivity index (χ0v) is 11.2. The molecule has 0 atom stereocenters. The van der Waals surface area contributed by atoms with Crippen molar-refractivity contribution in [2.45, 2.75) is 18.1 Å². The molecule has 5 nitrogen and oxygen atoms in total. The summed E-state index contributed by atoms with van der Waals surface area (Å²) < 4.78 is 45.4. The number of aromatic nitrogens is 1. The Morgan fingerprint density at radius 2 is 2.16 bits per heavy atom.